The maximum absolute atomic E-state index is 7.11. The van der Waals surface area contributed by atoms with Gasteiger partial charge in [-0.2, -0.15) is 0 Å². The van der Waals surface area contributed by atoms with Crippen molar-refractivity contribution in [2.24, 2.45) is 4.99 Å². The molecule has 0 radical (unpaired) electrons. The third-order valence-corrected chi connectivity index (χ3v) is 0.931. The summed E-state index contributed by atoms with van der Waals surface area (Å²) < 4.78 is 7.11. The van der Waals surface area contributed by atoms with Crippen molar-refractivity contribution in [2.45, 2.75) is 19.3 Å². The van der Waals surface area contributed by atoms with Crippen molar-refractivity contribution in [3.63, 3.8) is 0 Å². The average molecular weight is 96.2 g/mol. The fourth-order valence-corrected chi connectivity index (χ4v) is 0.543. The molecular weight excluding hydrogens is 86.1 g/mol. The van der Waals surface area contributed by atoms with Gasteiger partial charge >= 0.3 is 0 Å². The summed E-state index contributed by atoms with van der Waals surface area (Å²) in [5.41, 5.74) is 0. The maximum atomic E-state index is 7.11. The largest absolute Gasteiger partial charge is 0.269 e. The molecule has 0 N–H and O–H groups in total. The van der Waals surface area contributed by atoms with Crippen LogP contribution < -0.4 is 0 Å². The zero-order valence-electron chi connectivity index (χ0n) is 5.22. The van der Waals surface area contributed by atoms with Crippen LogP contribution in [0, 0.1) is 0 Å². The van der Waals surface area contributed by atoms with E-state index in [0.717, 1.165) is 19.3 Å². The normalized spacial score (nSPS) is 22.9. The van der Waals surface area contributed by atoms with Crippen molar-refractivity contribution in [3.05, 3.63) is 12.3 Å². The molecule has 1 heteroatoms. The molecule has 0 aromatic rings. The van der Waals surface area contributed by atoms with Crippen LogP contribution in [0.1, 0.15) is 20.6 Å². The van der Waals surface area contributed by atoms with Gasteiger partial charge in [-0.1, -0.05) is 6.08 Å². The number of hydrogen-bond acceptors (Lipinski definition) is 1. The van der Waals surface area contributed by atoms with Crippen LogP contribution in [0.4, 0.5) is 0 Å². The highest BCUT2D eigenvalue weighted by atomic mass is 14.7. The summed E-state index contributed by atoms with van der Waals surface area (Å²) in [5, 5.41) is 0. The van der Waals surface area contributed by atoms with Crippen LogP contribution >= 0.6 is 0 Å². The van der Waals surface area contributed by atoms with Crippen molar-refractivity contribution >= 4 is 6.19 Å². The molecule has 0 saturated heterocycles. The first kappa shape index (κ1) is 3.42. The van der Waals surface area contributed by atoms with E-state index in [-0.39, 0.29) is 0 Å². The molecule has 7 heavy (non-hydrogen) atoms. The lowest BCUT2D eigenvalue weighted by molar-refractivity contribution is 0.911. The third-order valence-electron chi connectivity index (χ3n) is 0.931. The van der Waals surface area contributed by atoms with Gasteiger partial charge in [0.05, 0.1) is 1.37 Å². The zero-order valence-corrected chi connectivity index (χ0v) is 4.22. The van der Waals surface area contributed by atoms with E-state index in [0.29, 0.717) is 6.19 Å². The SMILES string of the molecule is [2H]C1=NC=CCCC1. The molecule has 0 aromatic heterocycles. The smallest absolute Gasteiger partial charge is 0.0791 e. The highest BCUT2D eigenvalue weighted by Gasteiger charge is 1.82. The molecule has 1 aliphatic heterocycles. The number of allylic oxidation sites excluding steroid dienone is 1. The first-order valence-corrected chi connectivity index (χ1v) is 2.58. The topological polar surface area (TPSA) is 12.4 Å². The monoisotopic (exact) mass is 96.1 g/mol. The van der Waals surface area contributed by atoms with E-state index in [1.807, 2.05) is 6.08 Å². The summed E-state index contributed by atoms with van der Waals surface area (Å²) in [4.78, 5) is 3.83. The fraction of sp³-hybridized carbons (Fsp3) is 0.500. The molecule has 0 bridgehead atoms. The molecule has 0 aromatic carbocycles. The summed E-state index contributed by atoms with van der Waals surface area (Å²) in [7, 11) is 0. The van der Waals surface area contributed by atoms with Crippen LogP contribution in [0.5, 0.6) is 0 Å². The Hall–Kier alpha value is -0.590. The molecule has 1 rings (SSSR count). The predicted molar refractivity (Wildman–Crippen MR) is 31.5 cm³/mol. The predicted octanol–water partition coefficient (Wildman–Crippen LogP) is 1.75. The molecule has 1 heterocycles. The van der Waals surface area contributed by atoms with Crippen molar-refractivity contribution in [1.29, 1.82) is 0 Å². The zero-order chi connectivity index (χ0) is 5.82. The Labute approximate surface area is 45.2 Å². The Balaban J connectivity index is 2.52. The third kappa shape index (κ3) is 1.53. The van der Waals surface area contributed by atoms with E-state index < -0.39 is 0 Å². The maximum Gasteiger partial charge on any atom is 0.0791 e. The van der Waals surface area contributed by atoms with E-state index in [1.165, 1.54) is 0 Å². The first-order valence-electron chi connectivity index (χ1n) is 3.08. The van der Waals surface area contributed by atoms with Gasteiger partial charge in [0.15, 0.2) is 0 Å². The van der Waals surface area contributed by atoms with Crippen molar-refractivity contribution in [1.82, 2.24) is 0 Å². The minimum absolute atomic E-state index is 0.513. The van der Waals surface area contributed by atoms with Gasteiger partial charge in [0.25, 0.3) is 0 Å². The van der Waals surface area contributed by atoms with E-state index in [2.05, 4.69) is 4.99 Å². The molecule has 1 aliphatic rings. The summed E-state index contributed by atoms with van der Waals surface area (Å²) >= 11 is 0. The highest BCUT2D eigenvalue weighted by Crippen LogP contribution is 1.97. The van der Waals surface area contributed by atoms with Gasteiger partial charge in [0.1, 0.15) is 0 Å². The van der Waals surface area contributed by atoms with Crippen LogP contribution in [-0.2, 0) is 0 Å². The molecule has 0 atom stereocenters. The second-order valence-corrected chi connectivity index (χ2v) is 1.56. The molecule has 0 unspecified atom stereocenters. The molecule has 0 spiro atoms. The standard InChI is InChI=1S/C6H9N/c1-2-4-6-7-5-3-1/h3,5-6H,1-2,4H2/i6D. The summed E-state index contributed by atoms with van der Waals surface area (Å²) in [5.74, 6) is 0. The van der Waals surface area contributed by atoms with E-state index >= 15 is 0 Å². The van der Waals surface area contributed by atoms with Gasteiger partial charge in [-0.25, -0.2) is 0 Å². The van der Waals surface area contributed by atoms with Gasteiger partial charge < -0.3 is 0 Å². The Morgan fingerprint density at radius 3 is 3.57 bits per heavy atom. The van der Waals surface area contributed by atoms with Crippen LogP contribution in [0.15, 0.2) is 17.3 Å². The second-order valence-electron chi connectivity index (χ2n) is 1.56. The number of nitrogens with zero attached hydrogens (tertiary/aromatic N) is 1. The molecular formula is C6H9N. The Morgan fingerprint density at radius 2 is 2.57 bits per heavy atom. The lowest BCUT2D eigenvalue weighted by Crippen LogP contribution is -1.69. The van der Waals surface area contributed by atoms with Crippen molar-refractivity contribution < 1.29 is 1.37 Å². The van der Waals surface area contributed by atoms with E-state index in [1.54, 1.807) is 6.20 Å². The Bertz CT molecular complexity index is 126. The first-order chi connectivity index (χ1) is 3.89. The fourth-order valence-electron chi connectivity index (χ4n) is 0.543. The van der Waals surface area contributed by atoms with Crippen LogP contribution in [0.25, 0.3) is 0 Å². The Morgan fingerprint density at radius 1 is 1.57 bits per heavy atom. The van der Waals surface area contributed by atoms with Gasteiger partial charge in [-0.15, -0.1) is 0 Å². The highest BCUT2D eigenvalue weighted by molar-refractivity contribution is 5.58. The van der Waals surface area contributed by atoms with Crippen LogP contribution in [0.2, 0.25) is 0 Å². The van der Waals surface area contributed by atoms with Crippen molar-refractivity contribution in [3.8, 4) is 0 Å². The minimum atomic E-state index is 0.513. The van der Waals surface area contributed by atoms with Gasteiger partial charge in [0, 0.05) is 12.4 Å². The Kier molecular flexibility index (Phi) is 1.25. The van der Waals surface area contributed by atoms with Crippen LogP contribution in [-0.4, -0.2) is 6.19 Å². The number of rotatable bonds is 0. The quantitative estimate of drug-likeness (QED) is 0.435. The summed E-state index contributed by atoms with van der Waals surface area (Å²) in [6.07, 6.45) is 7.23. The number of hydrogen-bond donors (Lipinski definition) is 0. The minimum Gasteiger partial charge on any atom is -0.269 e. The summed E-state index contributed by atoms with van der Waals surface area (Å²) in [6, 6.07) is 0. The van der Waals surface area contributed by atoms with Gasteiger partial charge in [0.2, 0.25) is 0 Å². The molecule has 0 saturated carbocycles. The molecule has 0 fully saturated rings. The molecule has 0 amide bonds. The lowest BCUT2D eigenvalue weighted by atomic mass is 10.3. The average Bonchev–Trinajstić information content (AvgIpc) is 1.94. The molecule has 38 valence electrons. The molecule has 0 aliphatic carbocycles. The van der Waals surface area contributed by atoms with E-state index in [4.69, 9.17) is 1.37 Å². The second kappa shape index (κ2) is 2.56. The van der Waals surface area contributed by atoms with Gasteiger partial charge in [-0.3, -0.25) is 4.99 Å². The van der Waals surface area contributed by atoms with Gasteiger partial charge in [-0.05, 0) is 19.3 Å². The lowest BCUT2D eigenvalue weighted by Gasteiger charge is -1.80. The summed E-state index contributed by atoms with van der Waals surface area (Å²) in [6.45, 7) is 0. The van der Waals surface area contributed by atoms with E-state index in [9.17, 15) is 0 Å². The molecule has 1 nitrogen and oxygen atoms in total. The van der Waals surface area contributed by atoms with Crippen molar-refractivity contribution in [2.75, 3.05) is 0 Å². The van der Waals surface area contributed by atoms with Crippen LogP contribution in [0.3, 0.4) is 0 Å². The number of aliphatic imine (C=N–C) groups is 1.